The molecule has 0 heterocycles. The van der Waals surface area contributed by atoms with E-state index in [2.05, 4.69) is 24.3 Å². The second-order valence-electron chi connectivity index (χ2n) is 5.76. The summed E-state index contributed by atoms with van der Waals surface area (Å²) < 4.78 is 0. The van der Waals surface area contributed by atoms with Gasteiger partial charge in [0.1, 0.15) is 11.3 Å². The lowest BCUT2D eigenvalue weighted by Gasteiger charge is -2.09. The Morgan fingerprint density at radius 3 is 2.38 bits per heavy atom. The SMILES string of the molecule is O=C(O)c1cc2cc(-c3cccc4ccccc34)ccc2cc1O. The van der Waals surface area contributed by atoms with Crippen LogP contribution in [0.25, 0.3) is 32.7 Å². The van der Waals surface area contributed by atoms with Crippen molar-refractivity contribution in [2.75, 3.05) is 0 Å². The molecule has 3 nitrogen and oxygen atoms in total. The van der Waals surface area contributed by atoms with Gasteiger partial charge in [-0.15, -0.1) is 0 Å². The van der Waals surface area contributed by atoms with Crippen LogP contribution in [0.15, 0.2) is 72.8 Å². The van der Waals surface area contributed by atoms with E-state index in [4.69, 9.17) is 0 Å². The zero-order valence-electron chi connectivity index (χ0n) is 12.7. The molecule has 0 aliphatic rings. The molecule has 0 radical (unpaired) electrons. The highest BCUT2D eigenvalue weighted by atomic mass is 16.4. The molecule has 3 heteroatoms. The second kappa shape index (κ2) is 5.39. The molecule has 24 heavy (non-hydrogen) atoms. The zero-order valence-corrected chi connectivity index (χ0v) is 12.7. The molecule has 0 unspecified atom stereocenters. The van der Waals surface area contributed by atoms with Crippen molar-refractivity contribution in [2.45, 2.75) is 0 Å². The van der Waals surface area contributed by atoms with Crippen LogP contribution in [0, 0.1) is 0 Å². The summed E-state index contributed by atoms with van der Waals surface area (Å²) in [6.07, 6.45) is 0. The van der Waals surface area contributed by atoms with Crippen molar-refractivity contribution in [3.8, 4) is 16.9 Å². The van der Waals surface area contributed by atoms with Crippen molar-refractivity contribution in [3.05, 3.63) is 78.4 Å². The number of aromatic hydroxyl groups is 1. The van der Waals surface area contributed by atoms with E-state index in [-0.39, 0.29) is 11.3 Å². The van der Waals surface area contributed by atoms with Crippen LogP contribution in [0.5, 0.6) is 5.75 Å². The van der Waals surface area contributed by atoms with Crippen LogP contribution < -0.4 is 0 Å². The van der Waals surface area contributed by atoms with Gasteiger partial charge in [0.2, 0.25) is 0 Å². The molecule has 0 bridgehead atoms. The van der Waals surface area contributed by atoms with Crippen molar-refractivity contribution in [2.24, 2.45) is 0 Å². The summed E-state index contributed by atoms with van der Waals surface area (Å²) in [4.78, 5) is 11.2. The van der Waals surface area contributed by atoms with Gasteiger partial charge in [-0.1, -0.05) is 54.6 Å². The Kier molecular flexibility index (Phi) is 3.21. The molecular formula is C21H14O3. The number of carboxylic acid groups (broad SMARTS) is 1. The van der Waals surface area contributed by atoms with Gasteiger partial charge in [0.25, 0.3) is 0 Å². The highest BCUT2D eigenvalue weighted by Crippen LogP contribution is 2.32. The van der Waals surface area contributed by atoms with E-state index in [1.807, 2.05) is 36.4 Å². The monoisotopic (exact) mass is 314 g/mol. The van der Waals surface area contributed by atoms with Crippen molar-refractivity contribution >= 4 is 27.5 Å². The van der Waals surface area contributed by atoms with E-state index < -0.39 is 5.97 Å². The van der Waals surface area contributed by atoms with Crippen molar-refractivity contribution in [1.29, 1.82) is 0 Å². The predicted octanol–water partition coefficient (Wildman–Crippen LogP) is 5.06. The van der Waals surface area contributed by atoms with E-state index in [0.29, 0.717) is 0 Å². The number of carboxylic acids is 1. The molecular weight excluding hydrogens is 300 g/mol. The Balaban J connectivity index is 1.97. The van der Waals surface area contributed by atoms with Gasteiger partial charge >= 0.3 is 5.97 Å². The molecule has 0 spiro atoms. The average molecular weight is 314 g/mol. The van der Waals surface area contributed by atoms with Crippen molar-refractivity contribution in [1.82, 2.24) is 0 Å². The summed E-state index contributed by atoms with van der Waals surface area (Å²) in [5.41, 5.74) is 2.03. The average Bonchev–Trinajstić information content (AvgIpc) is 2.60. The van der Waals surface area contributed by atoms with Crippen LogP contribution in [-0.2, 0) is 0 Å². The van der Waals surface area contributed by atoms with Gasteiger partial charge in [0, 0.05) is 0 Å². The number of hydrogen-bond acceptors (Lipinski definition) is 2. The molecule has 0 atom stereocenters. The van der Waals surface area contributed by atoms with Crippen molar-refractivity contribution in [3.63, 3.8) is 0 Å². The zero-order chi connectivity index (χ0) is 16.7. The molecule has 4 aromatic rings. The maximum absolute atomic E-state index is 11.2. The quantitative estimate of drug-likeness (QED) is 0.543. The number of phenols is 1. The van der Waals surface area contributed by atoms with Gasteiger partial charge in [-0.3, -0.25) is 0 Å². The maximum atomic E-state index is 11.2. The van der Waals surface area contributed by atoms with Gasteiger partial charge in [0.15, 0.2) is 0 Å². The fraction of sp³-hybridized carbons (Fsp3) is 0. The van der Waals surface area contributed by atoms with Gasteiger partial charge in [-0.25, -0.2) is 4.79 Å². The Labute approximate surface area is 138 Å². The summed E-state index contributed by atoms with van der Waals surface area (Å²) in [6, 6.07) is 23.2. The van der Waals surface area contributed by atoms with Crippen LogP contribution in [0.4, 0.5) is 0 Å². The minimum Gasteiger partial charge on any atom is -0.507 e. The number of rotatable bonds is 2. The first kappa shape index (κ1) is 14.3. The molecule has 0 aromatic heterocycles. The topological polar surface area (TPSA) is 57.5 Å². The lowest BCUT2D eigenvalue weighted by atomic mass is 9.95. The van der Waals surface area contributed by atoms with Gasteiger partial charge in [-0.05, 0) is 50.9 Å². The fourth-order valence-corrected chi connectivity index (χ4v) is 3.10. The Morgan fingerprint density at radius 1 is 0.750 bits per heavy atom. The van der Waals surface area contributed by atoms with Crippen LogP contribution in [0.1, 0.15) is 10.4 Å². The molecule has 116 valence electrons. The van der Waals surface area contributed by atoms with Crippen LogP contribution >= 0.6 is 0 Å². The lowest BCUT2D eigenvalue weighted by Crippen LogP contribution is -1.96. The first-order valence-corrected chi connectivity index (χ1v) is 7.62. The first-order chi connectivity index (χ1) is 11.6. The highest BCUT2D eigenvalue weighted by Gasteiger charge is 2.12. The largest absolute Gasteiger partial charge is 0.507 e. The Bertz CT molecular complexity index is 1090. The van der Waals surface area contributed by atoms with E-state index in [0.717, 1.165) is 32.7 Å². The van der Waals surface area contributed by atoms with Gasteiger partial charge < -0.3 is 10.2 Å². The molecule has 0 aliphatic heterocycles. The van der Waals surface area contributed by atoms with Crippen LogP contribution in [0.2, 0.25) is 0 Å². The highest BCUT2D eigenvalue weighted by molar-refractivity contribution is 6.01. The van der Waals surface area contributed by atoms with Gasteiger partial charge in [0.05, 0.1) is 0 Å². The standard InChI is InChI=1S/C21H14O3/c22-20-12-14-8-9-15(10-16(14)11-19(20)21(23)24)18-7-3-5-13-4-1-2-6-17(13)18/h1-12,22H,(H,23,24). The molecule has 0 aliphatic carbocycles. The lowest BCUT2D eigenvalue weighted by molar-refractivity contribution is 0.0694. The summed E-state index contributed by atoms with van der Waals surface area (Å²) in [7, 11) is 0. The fourth-order valence-electron chi connectivity index (χ4n) is 3.10. The molecule has 2 N–H and O–H groups in total. The maximum Gasteiger partial charge on any atom is 0.339 e. The third-order valence-corrected chi connectivity index (χ3v) is 4.29. The number of aromatic carboxylic acids is 1. The predicted molar refractivity (Wildman–Crippen MR) is 95.5 cm³/mol. The molecule has 0 saturated heterocycles. The number of benzene rings is 4. The third-order valence-electron chi connectivity index (χ3n) is 4.29. The van der Waals surface area contributed by atoms with Gasteiger partial charge in [-0.2, -0.15) is 0 Å². The second-order valence-corrected chi connectivity index (χ2v) is 5.76. The minimum atomic E-state index is -1.13. The summed E-state index contributed by atoms with van der Waals surface area (Å²) in [5.74, 6) is -1.35. The summed E-state index contributed by atoms with van der Waals surface area (Å²) in [6.45, 7) is 0. The molecule has 0 saturated carbocycles. The summed E-state index contributed by atoms with van der Waals surface area (Å²) >= 11 is 0. The van der Waals surface area contributed by atoms with Crippen LogP contribution in [0.3, 0.4) is 0 Å². The smallest absolute Gasteiger partial charge is 0.339 e. The Morgan fingerprint density at radius 2 is 1.54 bits per heavy atom. The third kappa shape index (κ3) is 2.27. The molecule has 0 amide bonds. The minimum absolute atomic E-state index is 0.0856. The Hall–Kier alpha value is -3.33. The molecule has 4 rings (SSSR count). The van der Waals surface area contributed by atoms with E-state index in [1.54, 1.807) is 0 Å². The van der Waals surface area contributed by atoms with E-state index in [9.17, 15) is 15.0 Å². The number of hydrogen-bond donors (Lipinski definition) is 2. The molecule has 0 fully saturated rings. The number of fused-ring (bicyclic) bond motifs is 2. The van der Waals surface area contributed by atoms with E-state index >= 15 is 0 Å². The number of carbonyl (C=O) groups is 1. The first-order valence-electron chi connectivity index (χ1n) is 7.62. The van der Waals surface area contributed by atoms with Crippen LogP contribution in [-0.4, -0.2) is 16.2 Å². The molecule has 4 aromatic carbocycles. The summed E-state index contributed by atoms with van der Waals surface area (Å²) in [5, 5.41) is 22.9. The van der Waals surface area contributed by atoms with Crippen molar-refractivity contribution < 1.29 is 15.0 Å². The normalized spacial score (nSPS) is 11.0. The van der Waals surface area contributed by atoms with E-state index in [1.165, 1.54) is 12.1 Å².